The Labute approximate surface area is 181 Å². The highest BCUT2D eigenvalue weighted by Gasteiger charge is 2.71. The Hall–Kier alpha value is -3.18. The van der Waals surface area contributed by atoms with Crippen LogP contribution in [0.4, 0.5) is 5.69 Å². The molecule has 0 aliphatic carbocycles. The number of rotatable bonds is 6. The molecule has 2 aromatic rings. The van der Waals surface area contributed by atoms with Crippen molar-refractivity contribution in [3.8, 4) is 0 Å². The minimum atomic E-state index is -0.983. The number of hydrogen-bond donors (Lipinski definition) is 1. The highest BCUT2D eigenvalue weighted by Crippen LogP contribution is 2.57. The van der Waals surface area contributed by atoms with E-state index in [0.717, 1.165) is 22.4 Å². The van der Waals surface area contributed by atoms with Crippen molar-refractivity contribution in [3.05, 3.63) is 90.0 Å². The van der Waals surface area contributed by atoms with E-state index in [9.17, 15) is 14.7 Å². The van der Waals surface area contributed by atoms with E-state index < -0.39 is 29.5 Å². The topological polar surface area (TPSA) is 66.8 Å². The fourth-order valence-electron chi connectivity index (χ4n) is 5.51. The Balaban J connectivity index is 1.61. The number of fused-ring (bicyclic) bond motifs is 1. The van der Waals surface area contributed by atoms with E-state index in [1.165, 1.54) is 0 Å². The van der Waals surface area contributed by atoms with Gasteiger partial charge in [-0.15, -0.1) is 6.58 Å². The van der Waals surface area contributed by atoms with Crippen LogP contribution in [-0.4, -0.2) is 34.7 Å². The van der Waals surface area contributed by atoms with Crippen LogP contribution in [0, 0.1) is 11.8 Å². The van der Waals surface area contributed by atoms with Gasteiger partial charge in [-0.2, -0.15) is 0 Å². The van der Waals surface area contributed by atoms with Crippen molar-refractivity contribution in [3.63, 3.8) is 0 Å². The van der Waals surface area contributed by atoms with Crippen LogP contribution >= 0.6 is 0 Å². The molecule has 158 valence electrons. The average Bonchev–Trinajstić information content (AvgIpc) is 3.38. The lowest BCUT2D eigenvalue weighted by Gasteiger charge is -2.34. The third-order valence-electron chi connectivity index (χ3n) is 6.74. The van der Waals surface area contributed by atoms with Crippen molar-refractivity contribution < 1.29 is 19.4 Å². The number of hydrogen-bond acceptors (Lipinski definition) is 3. The summed E-state index contributed by atoms with van der Waals surface area (Å²) in [5.41, 5.74) is 2.99. The molecule has 3 aliphatic heterocycles. The van der Waals surface area contributed by atoms with Gasteiger partial charge < -0.3 is 14.7 Å². The summed E-state index contributed by atoms with van der Waals surface area (Å²) in [5, 5.41) is 9.87. The lowest BCUT2D eigenvalue weighted by Crippen LogP contribution is -2.45. The predicted octanol–water partition coefficient (Wildman–Crippen LogP) is 3.98. The van der Waals surface area contributed by atoms with Gasteiger partial charge in [-0.3, -0.25) is 9.59 Å². The van der Waals surface area contributed by atoms with E-state index >= 15 is 0 Å². The predicted molar refractivity (Wildman–Crippen MR) is 118 cm³/mol. The maximum atomic E-state index is 13.8. The molecule has 5 rings (SSSR count). The second-order valence-electron chi connectivity index (χ2n) is 8.81. The molecule has 2 saturated heterocycles. The number of carbonyl (C=O) groups excluding carboxylic acids is 1. The lowest BCUT2D eigenvalue weighted by atomic mass is 9.74. The zero-order chi connectivity index (χ0) is 21.8. The van der Waals surface area contributed by atoms with E-state index in [2.05, 4.69) is 18.7 Å². The molecule has 5 unspecified atom stereocenters. The first-order valence-electron chi connectivity index (χ1n) is 10.6. The highest BCUT2D eigenvalue weighted by atomic mass is 16.5. The number of carboxylic acid groups (broad SMARTS) is 1. The molecule has 2 aromatic carbocycles. The van der Waals surface area contributed by atoms with Gasteiger partial charge in [0.05, 0.1) is 18.1 Å². The number of carboxylic acids is 1. The Bertz CT molecular complexity index is 1090. The molecule has 2 bridgehead atoms. The first-order valence-corrected chi connectivity index (χ1v) is 10.6. The van der Waals surface area contributed by atoms with Crippen molar-refractivity contribution in [1.29, 1.82) is 0 Å². The standard InChI is InChI=1S/C26H25NO4/c1-16(2)14-21-26-13-12-20(31-26)22(25(29)30)23(26)24(28)27(21)19-11-7-6-10-18(19)15-17-8-4-3-5-9-17/h3-13,20-23H,1,14-15H2,2H3,(H,29,30). The zero-order valence-corrected chi connectivity index (χ0v) is 17.4. The fraction of sp³-hybridized carbons (Fsp3) is 0.308. The molecular formula is C26H25NO4. The minimum absolute atomic E-state index is 0.175. The van der Waals surface area contributed by atoms with Gasteiger partial charge >= 0.3 is 5.97 Å². The highest BCUT2D eigenvalue weighted by molar-refractivity contribution is 6.04. The summed E-state index contributed by atoms with van der Waals surface area (Å²) in [7, 11) is 0. The molecule has 3 aliphatic rings. The van der Waals surface area contributed by atoms with E-state index in [-0.39, 0.29) is 11.9 Å². The number of anilines is 1. The molecule has 0 radical (unpaired) electrons. The van der Waals surface area contributed by atoms with Gasteiger partial charge in [0.25, 0.3) is 0 Å². The Morgan fingerprint density at radius 1 is 1.16 bits per heavy atom. The second kappa shape index (κ2) is 7.20. The van der Waals surface area contributed by atoms with Gasteiger partial charge in [-0.1, -0.05) is 66.3 Å². The van der Waals surface area contributed by atoms with Crippen LogP contribution < -0.4 is 4.90 Å². The van der Waals surface area contributed by atoms with E-state index in [1.54, 1.807) is 4.90 Å². The molecule has 0 saturated carbocycles. The number of amides is 1. The van der Waals surface area contributed by atoms with Gasteiger partial charge in [0.1, 0.15) is 11.5 Å². The molecule has 5 heteroatoms. The molecule has 31 heavy (non-hydrogen) atoms. The molecule has 5 nitrogen and oxygen atoms in total. The van der Waals surface area contributed by atoms with Gasteiger partial charge in [-0.05, 0) is 37.0 Å². The molecule has 1 amide bonds. The third-order valence-corrected chi connectivity index (χ3v) is 6.74. The number of nitrogens with zero attached hydrogens (tertiary/aromatic N) is 1. The molecular weight excluding hydrogens is 390 g/mol. The van der Waals surface area contributed by atoms with E-state index in [1.807, 2.05) is 61.5 Å². The zero-order valence-electron chi connectivity index (χ0n) is 17.4. The monoisotopic (exact) mass is 415 g/mol. The normalized spacial score (nSPS) is 30.6. The fourth-order valence-corrected chi connectivity index (χ4v) is 5.51. The first kappa shape index (κ1) is 19.8. The summed E-state index contributed by atoms with van der Waals surface area (Å²) in [6.45, 7) is 6.01. The summed E-state index contributed by atoms with van der Waals surface area (Å²) >= 11 is 0. The summed E-state index contributed by atoms with van der Waals surface area (Å²) in [4.78, 5) is 27.6. The third kappa shape index (κ3) is 2.95. The van der Waals surface area contributed by atoms with Crippen molar-refractivity contribution in [1.82, 2.24) is 0 Å². The summed E-state index contributed by atoms with van der Waals surface area (Å²) in [5.74, 6) is -2.75. The summed E-state index contributed by atoms with van der Waals surface area (Å²) in [6.07, 6.45) is 4.41. The van der Waals surface area contributed by atoms with Crippen LogP contribution in [0.15, 0.2) is 78.9 Å². The van der Waals surface area contributed by atoms with Gasteiger partial charge in [0.2, 0.25) is 5.91 Å². The Morgan fingerprint density at radius 2 is 1.87 bits per heavy atom. The van der Waals surface area contributed by atoms with E-state index in [0.29, 0.717) is 12.8 Å². The molecule has 0 aromatic heterocycles. The SMILES string of the molecule is C=C(C)CC1N(c2ccccc2Cc2ccccc2)C(=O)C2C(C(=O)O)C3C=CC21O3. The largest absolute Gasteiger partial charge is 0.481 e. The molecule has 1 N–H and O–H groups in total. The number of aliphatic carboxylic acids is 1. The molecule has 5 atom stereocenters. The summed E-state index contributed by atoms with van der Waals surface area (Å²) < 4.78 is 6.26. The van der Waals surface area contributed by atoms with Crippen LogP contribution in [0.2, 0.25) is 0 Å². The molecule has 2 fully saturated rings. The lowest BCUT2D eigenvalue weighted by molar-refractivity contribution is -0.146. The van der Waals surface area contributed by atoms with Crippen LogP contribution in [-0.2, 0) is 20.7 Å². The summed E-state index contributed by atoms with van der Waals surface area (Å²) in [6, 6.07) is 17.7. The number of para-hydroxylation sites is 1. The Kier molecular flexibility index (Phi) is 4.59. The maximum absolute atomic E-state index is 13.8. The van der Waals surface area contributed by atoms with Crippen molar-refractivity contribution >= 4 is 17.6 Å². The maximum Gasteiger partial charge on any atom is 0.310 e. The molecule has 3 heterocycles. The van der Waals surface area contributed by atoms with Crippen molar-refractivity contribution in [2.75, 3.05) is 4.90 Å². The van der Waals surface area contributed by atoms with Crippen molar-refractivity contribution in [2.45, 2.75) is 37.5 Å². The number of benzene rings is 2. The smallest absolute Gasteiger partial charge is 0.310 e. The van der Waals surface area contributed by atoms with Crippen LogP contribution in [0.1, 0.15) is 24.5 Å². The van der Waals surface area contributed by atoms with Crippen molar-refractivity contribution in [2.24, 2.45) is 11.8 Å². The Morgan fingerprint density at radius 3 is 2.58 bits per heavy atom. The van der Waals surface area contributed by atoms with Gasteiger partial charge in [0, 0.05) is 5.69 Å². The van der Waals surface area contributed by atoms with E-state index in [4.69, 9.17) is 4.74 Å². The van der Waals surface area contributed by atoms with Gasteiger partial charge in [0.15, 0.2) is 0 Å². The van der Waals surface area contributed by atoms with Crippen LogP contribution in [0.3, 0.4) is 0 Å². The second-order valence-corrected chi connectivity index (χ2v) is 8.81. The van der Waals surface area contributed by atoms with Crippen LogP contribution in [0.5, 0.6) is 0 Å². The number of ether oxygens (including phenoxy) is 1. The average molecular weight is 415 g/mol. The number of carbonyl (C=O) groups is 2. The molecule has 1 spiro atoms. The minimum Gasteiger partial charge on any atom is -0.481 e. The quantitative estimate of drug-likeness (QED) is 0.725. The first-order chi connectivity index (χ1) is 14.9. The van der Waals surface area contributed by atoms with Crippen LogP contribution in [0.25, 0.3) is 0 Å². The van der Waals surface area contributed by atoms with Gasteiger partial charge in [-0.25, -0.2) is 0 Å².